The summed E-state index contributed by atoms with van der Waals surface area (Å²) >= 11 is 6.53. The number of anilines is 3. The molecule has 13 nitrogen and oxygen atoms in total. The van der Waals surface area contributed by atoms with Crippen molar-refractivity contribution in [2.24, 2.45) is 5.41 Å². The van der Waals surface area contributed by atoms with E-state index < -0.39 is 30.3 Å². The Morgan fingerprint density at radius 2 is 1.74 bits per heavy atom. The largest absolute Gasteiger partial charge is 0.492 e. The number of rotatable bonds is 7. The van der Waals surface area contributed by atoms with Gasteiger partial charge in [0.25, 0.3) is 5.91 Å². The highest BCUT2D eigenvalue weighted by atomic mass is 35.5. The number of alkyl halides is 3. The molecule has 0 radical (unpaired) electrons. The Morgan fingerprint density at radius 3 is 2.48 bits per heavy atom. The maximum atomic E-state index is 13.3. The molecule has 4 aromatic rings. The first-order chi connectivity index (χ1) is 25.8. The number of halogens is 4. The summed E-state index contributed by atoms with van der Waals surface area (Å²) in [6.07, 6.45) is -4.68. The third-order valence-electron chi connectivity index (χ3n) is 7.83. The molecule has 54 heavy (non-hydrogen) atoms. The number of amides is 2. The molecule has 3 aromatic carbocycles. The molecule has 0 saturated heterocycles. The summed E-state index contributed by atoms with van der Waals surface area (Å²) in [7, 11) is 0. The van der Waals surface area contributed by atoms with E-state index in [-0.39, 0.29) is 57.3 Å². The van der Waals surface area contributed by atoms with Crippen LogP contribution in [0.3, 0.4) is 0 Å². The van der Waals surface area contributed by atoms with Gasteiger partial charge in [-0.1, -0.05) is 61.8 Å². The van der Waals surface area contributed by atoms with Crippen LogP contribution in [0.25, 0.3) is 0 Å². The van der Waals surface area contributed by atoms with Gasteiger partial charge in [-0.05, 0) is 59.4 Å². The summed E-state index contributed by atoms with van der Waals surface area (Å²) in [5.41, 5.74) is 1.95. The van der Waals surface area contributed by atoms with Crippen LogP contribution in [-0.2, 0) is 22.6 Å². The van der Waals surface area contributed by atoms with Crippen LogP contribution in [0, 0.1) is 5.41 Å². The number of carbonyl (C=O) groups excluding carboxylic acids is 2. The molecule has 6 bridgehead atoms. The summed E-state index contributed by atoms with van der Waals surface area (Å²) in [4.78, 5) is 40.2. The van der Waals surface area contributed by atoms with Crippen molar-refractivity contribution in [1.29, 1.82) is 0 Å². The van der Waals surface area contributed by atoms with Crippen molar-refractivity contribution in [2.75, 3.05) is 56.7 Å². The zero-order valence-corrected chi connectivity index (χ0v) is 30.5. The van der Waals surface area contributed by atoms with E-state index in [1.54, 1.807) is 47.4 Å². The Hall–Kier alpha value is -5.35. The highest BCUT2D eigenvalue weighted by Crippen LogP contribution is 2.27. The van der Waals surface area contributed by atoms with E-state index in [1.165, 1.54) is 0 Å². The van der Waals surface area contributed by atoms with Gasteiger partial charge in [-0.2, -0.15) is 28.1 Å². The van der Waals surface area contributed by atoms with Crippen molar-refractivity contribution in [3.8, 4) is 11.8 Å². The number of nitrogens with one attached hydrogen (secondary N) is 3. The van der Waals surface area contributed by atoms with Crippen LogP contribution in [0.1, 0.15) is 41.8 Å². The summed E-state index contributed by atoms with van der Waals surface area (Å²) < 4.78 is 60.7. The summed E-state index contributed by atoms with van der Waals surface area (Å²) in [5.74, 6) is -0.0818. The topological polar surface area (TPSA) is 149 Å². The first kappa shape index (κ1) is 39.8. The number of benzene rings is 3. The fourth-order valence-electron chi connectivity index (χ4n) is 5.20. The maximum Gasteiger partial charge on any atom is 0.422 e. The van der Waals surface area contributed by atoms with Crippen LogP contribution in [0.15, 0.2) is 72.8 Å². The lowest BCUT2D eigenvalue weighted by Crippen LogP contribution is -2.45. The molecule has 288 valence electrons. The molecule has 2 amide bonds. The second kappa shape index (κ2) is 18.6. The third kappa shape index (κ3) is 12.9. The van der Waals surface area contributed by atoms with Gasteiger partial charge < -0.3 is 39.8 Å². The molecule has 1 aromatic heterocycles. The molecule has 0 fully saturated rings. The minimum absolute atomic E-state index is 0.0583. The molecule has 3 N–H and O–H groups in total. The quantitative estimate of drug-likeness (QED) is 0.167. The predicted molar refractivity (Wildman–Crippen MR) is 195 cm³/mol. The molecule has 0 saturated carbocycles. The van der Waals surface area contributed by atoms with Gasteiger partial charge >= 0.3 is 18.3 Å². The van der Waals surface area contributed by atoms with E-state index in [2.05, 4.69) is 30.9 Å². The molecular weight excluding hydrogens is 731 g/mol. The number of hydrogen-bond acceptors (Lipinski definition) is 11. The predicted octanol–water partition coefficient (Wildman–Crippen LogP) is 7.02. The van der Waals surface area contributed by atoms with Crippen LogP contribution in [0.2, 0.25) is 5.02 Å². The Kier molecular flexibility index (Phi) is 13.7. The van der Waals surface area contributed by atoms with Crippen LogP contribution < -0.4 is 25.4 Å². The fraction of sp³-hybridized carbons (Fsp3) is 0.378. The Morgan fingerprint density at radius 1 is 0.981 bits per heavy atom. The molecule has 5 heterocycles. The first-order valence-electron chi connectivity index (χ1n) is 17.1. The molecule has 0 atom stereocenters. The lowest BCUT2D eigenvalue weighted by Gasteiger charge is -2.32. The SMILES string of the molecule is CC1(C)CNC(=O)c2ccc(cc2)Nc2nc(nc(OCC(F)(F)F)n2)NCc2ccc(c(Cl)c2)OCCCN(C(=O)OCCOCc2ccccc2)C1. The number of nitrogens with zero attached hydrogens (tertiary/aromatic N) is 4. The summed E-state index contributed by atoms with van der Waals surface area (Å²) in [5, 5.41) is 9.12. The van der Waals surface area contributed by atoms with Crippen molar-refractivity contribution < 1.29 is 41.7 Å². The molecule has 4 aliphatic rings. The monoisotopic (exact) mass is 771 g/mol. The number of aromatic nitrogens is 3. The van der Waals surface area contributed by atoms with Gasteiger partial charge in [0.2, 0.25) is 11.9 Å². The molecular formula is C37H41ClF3N7O6. The standard InChI is InChI=1S/C37H41ClF3N7O6/c1-36(2)22-43-31(49)27-10-12-28(13-11-27)44-33-45-32(46-34(47-33)54-24-37(39,40)41)42-20-26-9-14-30(29(38)19-26)52-16-6-15-48(23-36)35(50)53-18-17-51-21-25-7-4-3-5-8-25/h3-5,7-14,19H,6,15-18,20-24H2,1-2H3,(H,43,49)(H2,42,44,45,46,47). The minimum Gasteiger partial charge on any atom is -0.492 e. The molecule has 8 rings (SSSR count). The van der Waals surface area contributed by atoms with Gasteiger partial charge in [0.1, 0.15) is 12.4 Å². The Labute approximate surface area is 315 Å². The lowest BCUT2D eigenvalue weighted by atomic mass is 9.92. The number of ether oxygens (including phenoxy) is 4. The Bertz CT molecular complexity index is 1850. The second-order valence-corrected chi connectivity index (χ2v) is 13.5. The molecule has 17 heteroatoms. The highest BCUT2D eigenvalue weighted by Gasteiger charge is 2.30. The van der Waals surface area contributed by atoms with Crippen LogP contribution in [-0.4, -0.2) is 84.1 Å². The van der Waals surface area contributed by atoms with Gasteiger partial charge in [-0.15, -0.1) is 0 Å². The maximum absolute atomic E-state index is 13.3. The molecule has 4 aliphatic heterocycles. The number of carbonyl (C=O) groups is 2. The normalized spacial score (nSPS) is 15.2. The van der Waals surface area contributed by atoms with Gasteiger partial charge in [0, 0.05) is 37.4 Å². The number of hydrogen-bond donors (Lipinski definition) is 3. The molecule has 0 aliphatic carbocycles. The molecule has 0 unspecified atom stereocenters. The van der Waals surface area contributed by atoms with Crippen LogP contribution >= 0.6 is 11.6 Å². The van der Waals surface area contributed by atoms with Crippen molar-refractivity contribution >= 4 is 41.2 Å². The zero-order chi connectivity index (χ0) is 38.6. The summed E-state index contributed by atoms with van der Waals surface area (Å²) in [6, 6.07) is 20.6. The van der Waals surface area contributed by atoms with E-state index in [4.69, 9.17) is 30.5 Å². The highest BCUT2D eigenvalue weighted by molar-refractivity contribution is 6.32. The first-order valence-corrected chi connectivity index (χ1v) is 17.5. The van der Waals surface area contributed by atoms with E-state index >= 15 is 0 Å². The van der Waals surface area contributed by atoms with Crippen molar-refractivity contribution in [3.05, 3.63) is 94.5 Å². The average Bonchev–Trinajstić information content (AvgIpc) is 3.14. The van der Waals surface area contributed by atoms with E-state index in [0.29, 0.717) is 47.2 Å². The van der Waals surface area contributed by atoms with E-state index in [0.717, 1.165) is 5.56 Å². The minimum atomic E-state index is -4.61. The van der Waals surface area contributed by atoms with Crippen LogP contribution in [0.5, 0.6) is 11.8 Å². The van der Waals surface area contributed by atoms with Gasteiger partial charge in [-0.3, -0.25) is 4.79 Å². The third-order valence-corrected chi connectivity index (χ3v) is 8.12. The lowest BCUT2D eigenvalue weighted by molar-refractivity contribution is -0.154. The fourth-order valence-corrected chi connectivity index (χ4v) is 5.46. The van der Waals surface area contributed by atoms with E-state index in [1.807, 2.05) is 44.2 Å². The second-order valence-electron chi connectivity index (χ2n) is 13.1. The van der Waals surface area contributed by atoms with E-state index in [9.17, 15) is 22.8 Å². The summed E-state index contributed by atoms with van der Waals surface area (Å²) in [6.45, 7) is 4.13. The van der Waals surface area contributed by atoms with Crippen molar-refractivity contribution in [1.82, 2.24) is 25.2 Å². The smallest absolute Gasteiger partial charge is 0.422 e. The average molecular weight is 772 g/mol. The molecule has 0 spiro atoms. The Balaban J connectivity index is 1.30. The van der Waals surface area contributed by atoms with Gasteiger partial charge in [-0.25, -0.2) is 4.79 Å². The zero-order valence-electron chi connectivity index (χ0n) is 29.7. The van der Waals surface area contributed by atoms with Crippen molar-refractivity contribution in [3.63, 3.8) is 0 Å². The van der Waals surface area contributed by atoms with Gasteiger partial charge in [0.15, 0.2) is 6.61 Å². The van der Waals surface area contributed by atoms with Crippen LogP contribution in [0.4, 0.5) is 35.5 Å². The van der Waals surface area contributed by atoms with Gasteiger partial charge in [0.05, 0.1) is 24.8 Å². The van der Waals surface area contributed by atoms with Crippen molar-refractivity contribution in [2.45, 2.75) is 39.6 Å².